The van der Waals surface area contributed by atoms with E-state index in [2.05, 4.69) is 0 Å². The lowest BCUT2D eigenvalue weighted by Crippen LogP contribution is -2.38. The summed E-state index contributed by atoms with van der Waals surface area (Å²) in [5.74, 6) is 0.268. The molecule has 128 valence electrons. The molecule has 2 N–H and O–H groups in total. The molecule has 0 saturated heterocycles. The van der Waals surface area contributed by atoms with Crippen molar-refractivity contribution in [2.45, 2.75) is 31.8 Å². The first kappa shape index (κ1) is 17.9. The first-order valence-electron chi connectivity index (χ1n) is 8.35. The van der Waals surface area contributed by atoms with E-state index in [4.69, 9.17) is 15.2 Å². The Morgan fingerprint density at radius 3 is 2.65 bits per heavy atom. The topological polar surface area (TPSA) is 64.8 Å². The van der Waals surface area contributed by atoms with Crippen LogP contribution in [0.5, 0.6) is 0 Å². The van der Waals surface area contributed by atoms with E-state index in [9.17, 15) is 4.79 Å². The smallest absolute Gasteiger partial charge is 0.226 e. The predicted octanol–water partition coefficient (Wildman–Crippen LogP) is 1.81. The van der Waals surface area contributed by atoms with Crippen LogP contribution in [0.15, 0.2) is 30.3 Å². The van der Waals surface area contributed by atoms with Gasteiger partial charge in [0.15, 0.2) is 0 Å². The number of carbonyl (C=O) groups excluding carboxylic acids is 1. The third-order valence-corrected chi connectivity index (χ3v) is 4.29. The molecule has 0 spiro atoms. The van der Waals surface area contributed by atoms with Crippen LogP contribution in [-0.4, -0.2) is 50.3 Å². The minimum atomic E-state index is 0.0627. The summed E-state index contributed by atoms with van der Waals surface area (Å²) in [6.07, 6.45) is 2.64. The Morgan fingerprint density at radius 2 is 2.00 bits per heavy atom. The van der Waals surface area contributed by atoms with E-state index in [-0.39, 0.29) is 17.9 Å². The summed E-state index contributed by atoms with van der Waals surface area (Å²) >= 11 is 0. The number of amides is 1. The fourth-order valence-corrected chi connectivity index (χ4v) is 2.99. The van der Waals surface area contributed by atoms with Crippen molar-refractivity contribution in [1.82, 2.24) is 4.90 Å². The predicted molar refractivity (Wildman–Crippen MR) is 89.9 cm³/mol. The highest BCUT2D eigenvalue weighted by Crippen LogP contribution is 2.26. The molecule has 0 bridgehead atoms. The number of hydrogen-bond acceptors (Lipinski definition) is 4. The lowest BCUT2D eigenvalue weighted by molar-refractivity contribution is -0.136. The first-order valence-corrected chi connectivity index (χ1v) is 8.35. The SMILES string of the molecule is COCCOCCN(Cc1ccccc1)C(=O)C1CCC(N)C1. The molecule has 1 aliphatic carbocycles. The van der Waals surface area contributed by atoms with Crippen molar-refractivity contribution in [3.63, 3.8) is 0 Å². The van der Waals surface area contributed by atoms with E-state index in [0.717, 1.165) is 24.8 Å². The van der Waals surface area contributed by atoms with Gasteiger partial charge in [-0.15, -0.1) is 0 Å². The van der Waals surface area contributed by atoms with E-state index < -0.39 is 0 Å². The molecule has 2 atom stereocenters. The molecule has 2 unspecified atom stereocenters. The molecule has 1 aromatic carbocycles. The molecule has 5 nitrogen and oxygen atoms in total. The molecule has 0 aromatic heterocycles. The lowest BCUT2D eigenvalue weighted by atomic mass is 10.1. The number of hydrogen-bond donors (Lipinski definition) is 1. The van der Waals surface area contributed by atoms with E-state index in [1.807, 2.05) is 35.2 Å². The largest absolute Gasteiger partial charge is 0.382 e. The highest BCUT2D eigenvalue weighted by atomic mass is 16.5. The Labute approximate surface area is 138 Å². The van der Waals surface area contributed by atoms with Crippen LogP contribution in [0.3, 0.4) is 0 Å². The molecule has 1 aromatic rings. The Balaban J connectivity index is 1.91. The normalized spacial score (nSPS) is 20.6. The second-order valence-electron chi connectivity index (χ2n) is 6.12. The van der Waals surface area contributed by atoms with Crippen LogP contribution in [0.1, 0.15) is 24.8 Å². The molecule has 1 amide bonds. The minimum Gasteiger partial charge on any atom is -0.382 e. The number of carbonyl (C=O) groups is 1. The molecular formula is C18H28N2O3. The molecule has 1 aliphatic rings. The molecular weight excluding hydrogens is 292 g/mol. The van der Waals surface area contributed by atoms with Crippen LogP contribution >= 0.6 is 0 Å². The summed E-state index contributed by atoms with van der Waals surface area (Å²) in [5.41, 5.74) is 7.10. The van der Waals surface area contributed by atoms with Gasteiger partial charge in [0.25, 0.3) is 0 Å². The number of methoxy groups -OCH3 is 1. The maximum Gasteiger partial charge on any atom is 0.226 e. The summed E-state index contributed by atoms with van der Waals surface area (Å²) in [7, 11) is 1.65. The van der Waals surface area contributed by atoms with Gasteiger partial charge in [-0.3, -0.25) is 4.79 Å². The Kier molecular flexibility index (Phi) is 7.52. The maximum absolute atomic E-state index is 12.8. The number of nitrogens with two attached hydrogens (primary N) is 1. The number of rotatable bonds is 9. The fraction of sp³-hybridized carbons (Fsp3) is 0.611. The number of ether oxygens (including phenoxy) is 2. The molecule has 0 aliphatic heterocycles. The third kappa shape index (κ3) is 5.94. The Bertz CT molecular complexity index is 467. The van der Waals surface area contributed by atoms with Gasteiger partial charge in [0.05, 0.1) is 19.8 Å². The monoisotopic (exact) mass is 320 g/mol. The highest BCUT2D eigenvalue weighted by molar-refractivity contribution is 5.79. The highest BCUT2D eigenvalue weighted by Gasteiger charge is 2.30. The van der Waals surface area contributed by atoms with Gasteiger partial charge in [0.1, 0.15) is 0 Å². The molecule has 1 saturated carbocycles. The summed E-state index contributed by atoms with van der Waals surface area (Å²) in [4.78, 5) is 14.7. The van der Waals surface area contributed by atoms with Crippen molar-refractivity contribution in [3.8, 4) is 0 Å². The van der Waals surface area contributed by atoms with Crippen molar-refractivity contribution in [2.24, 2.45) is 11.7 Å². The van der Waals surface area contributed by atoms with Crippen LogP contribution < -0.4 is 5.73 Å². The van der Waals surface area contributed by atoms with Crippen LogP contribution in [0.4, 0.5) is 0 Å². The zero-order valence-corrected chi connectivity index (χ0v) is 13.9. The zero-order valence-electron chi connectivity index (χ0n) is 13.9. The van der Waals surface area contributed by atoms with Gasteiger partial charge >= 0.3 is 0 Å². The first-order chi connectivity index (χ1) is 11.2. The Hall–Kier alpha value is -1.43. The second kappa shape index (κ2) is 9.65. The fourth-order valence-electron chi connectivity index (χ4n) is 2.99. The van der Waals surface area contributed by atoms with Crippen LogP contribution in [0, 0.1) is 5.92 Å². The van der Waals surface area contributed by atoms with E-state index in [1.165, 1.54) is 0 Å². The van der Waals surface area contributed by atoms with Gasteiger partial charge in [0, 0.05) is 32.2 Å². The maximum atomic E-state index is 12.8. The van der Waals surface area contributed by atoms with E-state index in [0.29, 0.717) is 32.9 Å². The summed E-state index contributed by atoms with van der Waals surface area (Å²) in [6.45, 7) is 2.88. The van der Waals surface area contributed by atoms with Crippen molar-refractivity contribution < 1.29 is 14.3 Å². The van der Waals surface area contributed by atoms with Crippen LogP contribution in [-0.2, 0) is 20.8 Å². The van der Waals surface area contributed by atoms with Crippen molar-refractivity contribution >= 4 is 5.91 Å². The Morgan fingerprint density at radius 1 is 1.22 bits per heavy atom. The lowest BCUT2D eigenvalue weighted by Gasteiger charge is -2.26. The average Bonchev–Trinajstić information content (AvgIpc) is 3.00. The number of nitrogens with zero attached hydrogens (tertiary/aromatic N) is 1. The number of benzene rings is 1. The van der Waals surface area contributed by atoms with Gasteiger partial charge in [0.2, 0.25) is 5.91 Å². The summed E-state index contributed by atoms with van der Waals surface area (Å²) in [5, 5.41) is 0. The molecule has 2 rings (SSSR count). The second-order valence-corrected chi connectivity index (χ2v) is 6.12. The summed E-state index contributed by atoms with van der Waals surface area (Å²) in [6, 6.07) is 10.2. The molecule has 5 heteroatoms. The van der Waals surface area contributed by atoms with Gasteiger partial charge in [-0.2, -0.15) is 0 Å². The van der Waals surface area contributed by atoms with Crippen LogP contribution in [0.25, 0.3) is 0 Å². The molecule has 0 radical (unpaired) electrons. The molecule has 0 heterocycles. The molecule has 1 fully saturated rings. The van der Waals surface area contributed by atoms with Crippen molar-refractivity contribution in [2.75, 3.05) is 33.5 Å². The molecule has 23 heavy (non-hydrogen) atoms. The van der Waals surface area contributed by atoms with Gasteiger partial charge < -0.3 is 20.1 Å². The van der Waals surface area contributed by atoms with Crippen molar-refractivity contribution in [1.29, 1.82) is 0 Å². The van der Waals surface area contributed by atoms with E-state index in [1.54, 1.807) is 7.11 Å². The van der Waals surface area contributed by atoms with Gasteiger partial charge in [-0.1, -0.05) is 30.3 Å². The quantitative estimate of drug-likeness (QED) is 0.705. The zero-order chi connectivity index (χ0) is 16.5. The third-order valence-electron chi connectivity index (χ3n) is 4.29. The van der Waals surface area contributed by atoms with Crippen LogP contribution in [0.2, 0.25) is 0 Å². The summed E-state index contributed by atoms with van der Waals surface area (Å²) < 4.78 is 10.5. The minimum absolute atomic E-state index is 0.0627. The van der Waals surface area contributed by atoms with Gasteiger partial charge in [-0.05, 0) is 24.8 Å². The standard InChI is InChI=1S/C18H28N2O3/c1-22-11-12-23-10-9-20(14-15-5-3-2-4-6-15)18(21)16-7-8-17(19)13-16/h2-6,16-17H,7-14,19H2,1H3. The van der Waals surface area contributed by atoms with E-state index >= 15 is 0 Å². The van der Waals surface area contributed by atoms with Gasteiger partial charge in [-0.25, -0.2) is 0 Å². The van der Waals surface area contributed by atoms with Crippen molar-refractivity contribution in [3.05, 3.63) is 35.9 Å². The average molecular weight is 320 g/mol.